The third-order valence-electron chi connectivity index (χ3n) is 1.63. The number of nitrogens with zero attached hydrogens (tertiary/aromatic N) is 2. The molecule has 1 aromatic heterocycles. The van der Waals surface area contributed by atoms with Gasteiger partial charge in [0.15, 0.2) is 5.75 Å². The maximum absolute atomic E-state index is 12.3. The molecule has 7 nitrogen and oxygen atoms in total. The van der Waals surface area contributed by atoms with Crippen LogP contribution in [0.25, 0.3) is 0 Å². The van der Waals surface area contributed by atoms with Gasteiger partial charge in [0, 0.05) is 0 Å². The van der Waals surface area contributed by atoms with Crippen LogP contribution in [-0.2, 0) is 0 Å². The smallest absolute Gasteiger partial charge is 0.365 e. The number of hydrogen-bond acceptors (Lipinski definition) is 5. The number of hydrogen-bond donors (Lipinski definition) is 2. The number of nitro groups is 1. The highest BCUT2D eigenvalue weighted by atomic mass is 19.3. The molecular formula is C7H4F2N2O5. The number of carboxylic acids is 1. The maximum atomic E-state index is 12.3. The van der Waals surface area contributed by atoms with Crippen molar-refractivity contribution in [3.05, 3.63) is 27.4 Å². The van der Waals surface area contributed by atoms with Crippen molar-refractivity contribution in [2.45, 2.75) is 6.43 Å². The molecule has 0 bridgehead atoms. The molecule has 0 aliphatic carbocycles. The van der Waals surface area contributed by atoms with E-state index in [4.69, 9.17) is 10.2 Å². The number of rotatable bonds is 3. The van der Waals surface area contributed by atoms with E-state index in [0.29, 0.717) is 6.07 Å². The normalized spacial score (nSPS) is 10.4. The Morgan fingerprint density at radius 3 is 2.50 bits per heavy atom. The lowest BCUT2D eigenvalue weighted by atomic mass is 10.2. The summed E-state index contributed by atoms with van der Waals surface area (Å²) in [6, 6.07) is 0.406. The van der Waals surface area contributed by atoms with E-state index in [2.05, 4.69) is 4.98 Å². The molecule has 16 heavy (non-hydrogen) atoms. The maximum Gasteiger partial charge on any atom is 0.365 e. The van der Waals surface area contributed by atoms with Crippen LogP contribution in [0.1, 0.15) is 22.5 Å². The second-order valence-electron chi connectivity index (χ2n) is 2.62. The molecule has 0 saturated carbocycles. The highest BCUT2D eigenvalue weighted by Crippen LogP contribution is 2.31. The first-order chi connectivity index (χ1) is 7.34. The van der Waals surface area contributed by atoms with Crippen LogP contribution in [0.5, 0.6) is 5.75 Å². The zero-order chi connectivity index (χ0) is 12.5. The summed E-state index contributed by atoms with van der Waals surface area (Å²) in [6.45, 7) is 0. The molecule has 0 aliphatic rings. The van der Waals surface area contributed by atoms with Gasteiger partial charge in [-0.15, -0.1) is 0 Å². The summed E-state index contributed by atoms with van der Waals surface area (Å²) in [6.07, 6.45) is -3.31. The fourth-order valence-corrected chi connectivity index (χ4v) is 0.953. The Morgan fingerprint density at radius 1 is 1.56 bits per heavy atom. The molecule has 0 radical (unpaired) electrons. The average Bonchev–Trinajstić information content (AvgIpc) is 2.16. The van der Waals surface area contributed by atoms with Crippen LogP contribution in [0.2, 0.25) is 0 Å². The lowest BCUT2D eigenvalue weighted by Gasteiger charge is -2.02. The highest BCUT2D eigenvalue weighted by Gasteiger charge is 2.29. The third kappa shape index (κ3) is 2.02. The number of halogens is 2. The van der Waals surface area contributed by atoms with Crippen LogP contribution in [-0.4, -0.2) is 26.1 Å². The predicted octanol–water partition coefficient (Wildman–Crippen LogP) is 1.33. The summed E-state index contributed by atoms with van der Waals surface area (Å²) in [4.78, 5) is 22.5. The minimum absolute atomic E-state index is 0.406. The number of carboxylic acid groups (broad SMARTS) is 1. The molecule has 0 saturated heterocycles. The molecule has 1 aromatic rings. The van der Waals surface area contributed by atoms with E-state index < -0.39 is 40.1 Å². The van der Waals surface area contributed by atoms with E-state index in [1.165, 1.54) is 0 Å². The van der Waals surface area contributed by atoms with E-state index in [-0.39, 0.29) is 0 Å². The Kier molecular flexibility index (Phi) is 2.97. The highest BCUT2D eigenvalue weighted by molar-refractivity contribution is 5.91. The summed E-state index contributed by atoms with van der Waals surface area (Å²) >= 11 is 0. The van der Waals surface area contributed by atoms with Gasteiger partial charge in [-0.3, -0.25) is 0 Å². The van der Waals surface area contributed by atoms with Crippen molar-refractivity contribution in [3.63, 3.8) is 0 Å². The minimum atomic E-state index is -3.31. The van der Waals surface area contributed by atoms with E-state index in [1.807, 2.05) is 0 Å². The van der Waals surface area contributed by atoms with Gasteiger partial charge in [0.05, 0.1) is 6.07 Å². The van der Waals surface area contributed by atoms with Gasteiger partial charge in [-0.2, -0.15) is 0 Å². The minimum Gasteiger partial charge on any atom is -0.503 e. The number of carbonyl (C=O) groups is 1. The second-order valence-corrected chi connectivity index (χ2v) is 2.62. The van der Waals surface area contributed by atoms with Gasteiger partial charge in [-0.05, 0) is 9.91 Å². The number of pyridine rings is 1. The standard InChI is InChI=1S/C7H4F2N2O5/c8-6(9)4-5(12)2(7(13)14)1-3(10-4)11(15)16/h1,6,12H,(H,13,14). The fourth-order valence-electron chi connectivity index (χ4n) is 0.953. The number of aromatic hydroxyl groups is 1. The molecule has 0 amide bonds. The topological polar surface area (TPSA) is 114 Å². The van der Waals surface area contributed by atoms with Gasteiger partial charge in [-0.1, -0.05) is 0 Å². The first kappa shape index (κ1) is 11.8. The lowest BCUT2D eigenvalue weighted by Crippen LogP contribution is -2.05. The van der Waals surface area contributed by atoms with Crippen LogP contribution in [0.4, 0.5) is 14.6 Å². The first-order valence-electron chi connectivity index (χ1n) is 3.74. The number of aromatic carboxylic acids is 1. The molecule has 0 fully saturated rings. The second kappa shape index (κ2) is 4.04. The zero-order valence-corrected chi connectivity index (χ0v) is 7.42. The molecule has 86 valence electrons. The molecule has 0 unspecified atom stereocenters. The van der Waals surface area contributed by atoms with Crippen molar-refractivity contribution in [1.82, 2.24) is 4.98 Å². The molecule has 9 heteroatoms. The Balaban J connectivity index is 3.51. The van der Waals surface area contributed by atoms with Gasteiger partial charge in [0.25, 0.3) is 5.69 Å². The molecule has 0 atom stereocenters. The quantitative estimate of drug-likeness (QED) is 0.602. The van der Waals surface area contributed by atoms with Gasteiger partial charge < -0.3 is 20.3 Å². The molecule has 0 aromatic carbocycles. The van der Waals surface area contributed by atoms with Crippen LogP contribution in [0.15, 0.2) is 6.07 Å². The van der Waals surface area contributed by atoms with Gasteiger partial charge in [-0.25, -0.2) is 13.6 Å². The monoisotopic (exact) mass is 234 g/mol. The van der Waals surface area contributed by atoms with Gasteiger partial charge >= 0.3 is 18.2 Å². The Bertz CT molecular complexity index is 462. The van der Waals surface area contributed by atoms with Crippen molar-refractivity contribution in [3.8, 4) is 5.75 Å². The molecular weight excluding hydrogens is 230 g/mol. The number of aromatic nitrogens is 1. The third-order valence-corrected chi connectivity index (χ3v) is 1.63. The molecule has 0 spiro atoms. The molecule has 0 aliphatic heterocycles. The Morgan fingerprint density at radius 2 is 2.12 bits per heavy atom. The fraction of sp³-hybridized carbons (Fsp3) is 0.143. The largest absolute Gasteiger partial charge is 0.503 e. The van der Waals surface area contributed by atoms with Gasteiger partial charge in [0.1, 0.15) is 5.56 Å². The molecule has 1 rings (SSSR count). The van der Waals surface area contributed by atoms with E-state index >= 15 is 0 Å². The summed E-state index contributed by atoms with van der Waals surface area (Å²) in [5.74, 6) is -4.09. The van der Waals surface area contributed by atoms with Crippen LogP contribution in [0, 0.1) is 10.1 Å². The summed E-state index contributed by atoms with van der Waals surface area (Å²) in [5, 5.41) is 27.9. The average molecular weight is 234 g/mol. The van der Waals surface area contributed by atoms with Crippen molar-refractivity contribution in [2.24, 2.45) is 0 Å². The van der Waals surface area contributed by atoms with Crippen LogP contribution >= 0.6 is 0 Å². The first-order valence-corrected chi connectivity index (χ1v) is 3.74. The zero-order valence-electron chi connectivity index (χ0n) is 7.42. The van der Waals surface area contributed by atoms with Crippen molar-refractivity contribution >= 4 is 11.8 Å². The van der Waals surface area contributed by atoms with E-state index in [1.54, 1.807) is 0 Å². The molecule has 1 heterocycles. The van der Waals surface area contributed by atoms with E-state index in [9.17, 15) is 23.7 Å². The van der Waals surface area contributed by atoms with E-state index in [0.717, 1.165) is 0 Å². The van der Waals surface area contributed by atoms with Crippen LogP contribution < -0.4 is 0 Å². The summed E-state index contributed by atoms with van der Waals surface area (Å²) in [5.41, 5.74) is -2.32. The predicted molar refractivity (Wildman–Crippen MR) is 44.5 cm³/mol. The Labute approximate surface area is 86.1 Å². The van der Waals surface area contributed by atoms with Crippen molar-refractivity contribution < 1.29 is 28.7 Å². The van der Waals surface area contributed by atoms with Crippen LogP contribution in [0.3, 0.4) is 0 Å². The Hall–Kier alpha value is -2.32. The van der Waals surface area contributed by atoms with Gasteiger partial charge in [0.2, 0.25) is 0 Å². The summed E-state index contributed by atoms with van der Waals surface area (Å²) in [7, 11) is 0. The SMILES string of the molecule is O=C(O)c1cc([N+](=O)[O-])nc(C(F)F)c1O. The lowest BCUT2D eigenvalue weighted by molar-refractivity contribution is -0.389. The summed E-state index contributed by atoms with van der Waals surface area (Å²) < 4.78 is 24.6. The number of alkyl halides is 2. The molecule has 2 N–H and O–H groups in total. The van der Waals surface area contributed by atoms with Crippen molar-refractivity contribution in [1.29, 1.82) is 0 Å². The van der Waals surface area contributed by atoms with Crippen molar-refractivity contribution in [2.75, 3.05) is 0 Å².